The van der Waals surface area contributed by atoms with Crippen LogP contribution in [0.4, 0.5) is 0 Å². The fourth-order valence-electron chi connectivity index (χ4n) is 2.05. The van der Waals surface area contributed by atoms with Gasteiger partial charge in [0.15, 0.2) is 0 Å². The smallest absolute Gasteiger partial charge is 0.303 e. The quantitative estimate of drug-likeness (QED) is 0.727. The van der Waals surface area contributed by atoms with E-state index in [1.54, 1.807) is 0 Å². The molecule has 1 aliphatic rings. The topological polar surface area (TPSA) is 66.4 Å². The third kappa shape index (κ3) is 3.22. The lowest BCUT2D eigenvalue weighted by molar-refractivity contribution is -0.142. The lowest BCUT2D eigenvalue weighted by Gasteiger charge is -2.41. The fourth-order valence-corrected chi connectivity index (χ4v) is 2.05. The molecule has 1 aliphatic carbocycles. The van der Waals surface area contributed by atoms with E-state index in [4.69, 9.17) is 5.11 Å². The second-order valence-corrected chi connectivity index (χ2v) is 4.95. The Balaban J connectivity index is 2.40. The predicted molar refractivity (Wildman–Crippen MR) is 61.0 cm³/mol. The summed E-state index contributed by atoms with van der Waals surface area (Å²) < 4.78 is 0. The molecule has 1 atom stereocenters. The van der Waals surface area contributed by atoms with E-state index in [9.17, 15) is 9.59 Å². The Bertz CT molecular complexity index is 271. The van der Waals surface area contributed by atoms with Crippen molar-refractivity contribution < 1.29 is 14.7 Å². The molecule has 0 aromatic heterocycles. The van der Waals surface area contributed by atoms with Crippen LogP contribution in [0.25, 0.3) is 0 Å². The van der Waals surface area contributed by atoms with Gasteiger partial charge in [0.05, 0.1) is 6.42 Å². The van der Waals surface area contributed by atoms with Gasteiger partial charge in [0.2, 0.25) is 5.91 Å². The maximum atomic E-state index is 11.6. The first kappa shape index (κ1) is 13.0. The van der Waals surface area contributed by atoms with Gasteiger partial charge in [-0.1, -0.05) is 20.3 Å². The van der Waals surface area contributed by atoms with Crippen molar-refractivity contribution >= 4 is 11.9 Å². The van der Waals surface area contributed by atoms with Crippen molar-refractivity contribution in [1.82, 2.24) is 5.32 Å². The van der Waals surface area contributed by atoms with Crippen molar-refractivity contribution in [3.8, 4) is 0 Å². The van der Waals surface area contributed by atoms with Crippen molar-refractivity contribution in [1.29, 1.82) is 0 Å². The highest BCUT2D eigenvalue weighted by atomic mass is 16.4. The first-order chi connectivity index (χ1) is 7.49. The number of aliphatic carboxylic acids is 1. The van der Waals surface area contributed by atoms with Crippen molar-refractivity contribution in [3.63, 3.8) is 0 Å². The number of amides is 1. The molecule has 0 heterocycles. The van der Waals surface area contributed by atoms with Crippen molar-refractivity contribution in [2.24, 2.45) is 11.3 Å². The summed E-state index contributed by atoms with van der Waals surface area (Å²) in [6.07, 6.45) is 3.90. The number of carbonyl (C=O) groups excluding carboxylic acids is 1. The van der Waals surface area contributed by atoms with Crippen LogP contribution < -0.4 is 5.32 Å². The minimum Gasteiger partial charge on any atom is -0.481 e. The second kappa shape index (κ2) is 5.32. The number of carboxylic acids is 1. The molecule has 1 rings (SSSR count). The molecular weight excluding hydrogens is 206 g/mol. The van der Waals surface area contributed by atoms with Crippen LogP contribution in [-0.2, 0) is 9.59 Å². The molecule has 0 bridgehead atoms. The maximum Gasteiger partial charge on any atom is 0.303 e. The summed E-state index contributed by atoms with van der Waals surface area (Å²) in [6, 6.07) is 0. The normalized spacial score (nSPS) is 19.6. The molecule has 2 N–H and O–H groups in total. The van der Waals surface area contributed by atoms with Gasteiger partial charge in [-0.15, -0.1) is 0 Å². The Hall–Kier alpha value is -1.06. The Morgan fingerprint density at radius 1 is 1.44 bits per heavy atom. The fraction of sp³-hybridized carbons (Fsp3) is 0.833. The number of hydrogen-bond acceptors (Lipinski definition) is 2. The highest BCUT2D eigenvalue weighted by Gasteiger charge is 2.39. The highest BCUT2D eigenvalue weighted by Crippen LogP contribution is 2.43. The summed E-state index contributed by atoms with van der Waals surface area (Å²) in [4.78, 5) is 22.3. The molecule has 16 heavy (non-hydrogen) atoms. The largest absolute Gasteiger partial charge is 0.481 e. The number of nitrogens with one attached hydrogen (secondary N) is 1. The molecule has 0 saturated heterocycles. The summed E-state index contributed by atoms with van der Waals surface area (Å²) in [5.74, 6) is -0.710. The maximum absolute atomic E-state index is 11.6. The average molecular weight is 227 g/mol. The molecule has 4 nitrogen and oxygen atoms in total. The lowest BCUT2D eigenvalue weighted by atomic mass is 9.66. The second-order valence-electron chi connectivity index (χ2n) is 4.95. The van der Waals surface area contributed by atoms with E-state index in [2.05, 4.69) is 5.32 Å². The molecule has 1 unspecified atom stereocenters. The van der Waals surface area contributed by atoms with E-state index in [0.717, 1.165) is 25.7 Å². The van der Waals surface area contributed by atoms with E-state index < -0.39 is 5.97 Å². The van der Waals surface area contributed by atoms with Gasteiger partial charge < -0.3 is 10.4 Å². The van der Waals surface area contributed by atoms with Crippen LogP contribution in [0.15, 0.2) is 0 Å². The van der Waals surface area contributed by atoms with E-state index in [0.29, 0.717) is 6.54 Å². The van der Waals surface area contributed by atoms with Gasteiger partial charge in [-0.05, 0) is 24.7 Å². The zero-order valence-electron chi connectivity index (χ0n) is 10.1. The van der Waals surface area contributed by atoms with Crippen LogP contribution in [0.5, 0.6) is 0 Å². The summed E-state index contributed by atoms with van der Waals surface area (Å²) in [5, 5.41) is 11.7. The van der Waals surface area contributed by atoms with Gasteiger partial charge in [-0.3, -0.25) is 9.59 Å². The minimum atomic E-state index is -0.766. The molecule has 92 valence electrons. The first-order valence-electron chi connectivity index (χ1n) is 5.98. The molecule has 0 aromatic carbocycles. The zero-order chi connectivity index (χ0) is 12.2. The lowest BCUT2D eigenvalue weighted by Crippen LogP contribution is -2.44. The number of carboxylic acid groups (broad SMARTS) is 1. The van der Waals surface area contributed by atoms with Gasteiger partial charge >= 0.3 is 5.97 Å². The van der Waals surface area contributed by atoms with Crippen molar-refractivity contribution in [2.45, 2.75) is 46.0 Å². The third-order valence-electron chi connectivity index (χ3n) is 3.64. The summed E-state index contributed by atoms with van der Waals surface area (Å²) >= 11 is 0. The van der Waals surface area contributed by atoms with Crippen LogP contribution in [-0.4, -0.2) is 23.5 Å². The minimum absolute atomic E-state index is 0.0157. The number of rotatable bonds is 6. The number of carbonyl (C=O) groups is 2. The van der Waals surface area contributed by atoms with Crippen LogP contribution in [0.1, 0.15) is 46.0 Å². The Morgan fingerprint density at radius 2 is 2.06 bits per heavy atom. The van der Waals surface area contributed by atoms with Gasteiger partial charge in [0, 0.05) is 12.5 Å². The van der Waals surface area contributed by atoms with Crippen LogP contribution in [0.2, 0.25) is 0 Å². The summed E-state index contributed by atoms with van der Waals surface area (Å²) in [6.45, 7) is 4.38. The molecule has 0 aliphatic heterocycles. The Labute approximate surface area is 96.4 Å². The van der Waals surface area contributed by atoms with Gasteiger partial charge in [0.1, 0.15) is 0 Å². The summed E-state index contributed by atoms with van der Waals surface area (Å²) in [5.41, 5.74) is -0.172. The van der Waals surface area contributed by atoms with Crippen LogP contribution in [0, 0.1) is 11.3 Å². The zero-order valence-corrected chi connectivity index (χ0v) is 10.1. The summed E-state index contributed by atoms with van der Waals surface area (Å²) in [7, 11) is 0. The highest BCUT2D eigenvalue weighted by molar-refractivity contribution is 5.78. The van der Waals surface area contributed by atoms with Gasteiger partial charge in [0.25, 0.3) is 0 Å². The molecule has 1 amide bonds. The Morgan fingerprint density at radius 3 is 2.44 bits per heavy atom. The molecule has 1 fully saturated rings. The van der Waals surface area contributed by atoms with Crippen molar-refractivity contribution in [3.05, 3.63) is 0 Å². The first-order valence-corrected chi connectivity index (χ1v) is 5.98. The van der Waals surface area contributed by atoms with E-state index >= 15 is 0 Å². The third-order valence-corrected chi connectivity index (χ3v) is 3.64. The monoisotopic (exact) mass is 227 g/mol. The van der Waals surface area contributed by atoms with Crippen LogP contribution >= 0.6 is 0 Å². The SMILES string of the molecule is CCC(C)C(=O)NCC1(CC(=O)O)CCC1. The molecule has 4 heteroatoms. The molecule has 0 spiro atoms. The molecule has 0 radical (unpaired) electrons. The van der Waals surface area contributed by atoms with E-state index in [-0.39, 0.29) is 23.7 Å². The standard InChI is InChI=1S/C12H21NO3/c1-3-9(2)11(16)13-8-12(5-4-6-12)7-10(14)15/h9H,3-8H2,1-2H3,(H,13,16)(H,14,15). The number of hydrogen-bond donors (Lipinski definition) is 2. The molecular formula is C12H21NO3. The van der Waals surface area contributed by atoms with Crippen LogP contribution in [0.3, 0.4) is 0 Å². The van der Waals surface area contributed by atoms with E-state index in [1.807, 2.05) is 13.8 Å². The Kier molecular flexibility index (Phi) is 4.33. The molecule has 1 saturated carbocycles. The van der Waals surface area contributed by atoms with Gasteiger partial charge in [-0.25, -0.2) is 0 Å². The van der Waals surface area contributed by atoms with Gasteiger partial charge in [-0.2, -0.15) is 0 Å². The van der Waals surface area contributed by atoms with Crippen molar-refractivity contribution in [2.75, 3.05) is 6.54 Å². The predicted octanol–water partition coefficient (Wildman–Crippen LogP) is 1.79. The average Bonchev–Trinajstić information content (AvgIpc) is 2.19. The van der Waals surface area contributed by atoms with E-state index in [1.165, 1.54) is 0 Å². The molecule has 0 aromatic rings.